The number of unbranched alkanes of at least 4 members (excludes halogenated alkanes) is 9. The number of hydroxylamine groups is 3. The van der Waals surface area contributed by atoms with Gasteiger partial charge in [0.25, 0.3) is 0 Å². The highest BCUT2D eigenvalue weighted by molar-refractivity contribution is 6.17. The molecular weight excluding hydrogens is 282 g/mol. The van der Waals surface area contributed by atoms with Crippen LogP contribution in [0.2, 0.25) is 0 Å². The molecule has 0 amide bonds. The summed E-state index contributed by atoms with van der Waals surface area (Å²) in [5.74, 6) is 0.576. The molecule has 0 fully saturated rings. The van der Waals surface area contributed by atoms with Crippen molar-refractivity contribution in [3.8, 4) is 0 Å². The molecule has 0 aromatic rings. The fourth-order valence-electron chi connectivity index (χ4n) is 2.64. The molecule has 2 nitrogen and oxygen atoms in total. The molecule has 21 heavy (non-hydrogen) atoms. The Hall–Kier alpha value is 0.210. The summed E-state index contributed by atoms with van der Waals surface area (Å²) in [5.41, 5.74) is 0. The van der Waals surface area contributed by atoms with Crippen molar-refractivity contribution in [3.63, 3.8) is 0 Å². The van der Waals surface area contributed by atoms with Gasteiger partial charge in [0.15, 0.2) is 0 Å². The molecule has 0 rings (SSSR count). The molecule has 0 spiro atoms. The molecule has 1 unspecified atom stereocenters. The summed E-state index contributed by atoms with van der Waals surface area (Å²) in [6.45, 7) is 5.20. The average molecular weight is 321 g/mol. The Kier molecular flexibility index (Phi) is 14.0. The SMILES string of the molecule is CCCCCCCCCCCCC(C)[N+](C)(C)OCCCl. The summed E-state index contributed by atoms with van der Waals surface area (Å²) in [6, 6.07) is 0.544. The first-order valence-corrected chi connectivity index (χ1v) is 9.62. The fraction of sp³-hybridized carbons (Fsp3) is 1.00. The normalized spacial score (nSPS) is 13.6. The highest BCUT2D eigenvalue weighted by atomic mass is 35.5. The second kappa shape index (κ2) is 13.8. The van der Waals surface area contributed by atoms with E-state index in [9.17, 15) is 0 Å². The van der Waals surface area contributed by atoms with Crippen LogP contribution in [0.3, 0.4) is 0 Å². The Morgan fingerprint density at radius 2 is 1.33 bits per heavy atom. The van der Waals surface area contributed by atoms with E-state index in [-0.39, 0.29) is 0 Å². The number of quaternary nitrogens is 1. The van der Waals surface area contributed by atoms with E-state index in [1.54, 1.807) is 0 Å². The number of nitrogens with zero attached hydrogens (tertiary/aromatic N) is 1. The summed E-state index contributed by atoms with van der Waals surface area (Å²) in [7, 11) is 4.26. The van der Waals surface area contributed by atoms with Crippen LogP contribution in [0.5, 0.6) is 0 Å². The number of rotatable bonds is 15. The molecule has 0 aliphatic heterocycles. The van der Waals surface area contributed by atoms with Gasteiger partial charge in [-0.1, -0.05) is 64.7 Å². The maximum Gasteiger partial charge on any atom is 0.120 e. The Balaban J connectivity index is 3.41. The molecule has 0 aromatic carbocycles. The van der Waals surface area contributed by atoms with Gasteiger partial charge < -0.3 is 0 Å². The third-order valence-corrected chi connectivity index (χ3v) is 4.69. The van der Waals surface area contributed by atoms with Gasteiger partial charge in [-0.25, -0.2) is 4.84 Å². The molecule has 0 N–H and O–H groups in total. The van der Waals surface area contributed by atoms with E-state index in [0.717, 1.165) is 0 Å². The lowest BCUT2D eigenvalue weighted by molar-refractivity contribution is -1.09. The molecule has 0 aliphatic rings. The van der Waals surface area contributed by atoms with Gasteiger partial charge in [0.05, 0.1) is 20.0 Å². The van der Waals surface area contributed by atoms with Crippen LogP contribution in [0, 0.1) is 0 Å². The Morgan fingerprint density at radius 3 is 1.81 bits per heavy atom. The van der Waals surface area contributed by atoms with Gasteiger partial charge in [-0.15, -0.1) is 11.6 Å². The van der Waals surface area contributed by atoms with Crippen LogP contribution >= 0.6 is 11.6 Å². The maximum atomic E-state index is 5.79. The van der Waals surface area contributed by atoms with Crippen molar-refractivity contribution in [3.05, 3.63) is 0 Å². The summed E-state index contributed by atoms with van der Waals surface area (Å²) in [4.78, 5) is 5.79. The van der Waals surface area contributed by atoms with Crippen LogP contribution in [-0.2, 0) is 4.84 Å². The van der Waals surface area contributed by atoms with E-state index in [2.05, 4.69) is 27.9 Å². The van der Waals surface area contributed by atoms with Crippen molar-refractivity contribution < 1.29 is 9.48 Å². The molecule has 0 bridgehead atoms. The van der Waals surface area contributed by atoms with E-state index >= 15 is 0 Å². The van der Waals surface area contributed by atoms with Gasteiger partial charge in [0, 0.05) is 6.42 Å². The first-order valence-electron chi connectivity index (χ1n) is 9.08. The molecule has 0 aromatic heterocycles. The van der Waals surface area contributed by atoms with E-state index in [4.69, 9.17) is 16.4 Å². The monoisotopic (exact) mass is 320 g/mol. The predicted octanol–water partition coefficient (Wildman–Crippen LogP) is 5.93. The van der Waals surface area contributed by atoms with Gasteiger partial charge in [-0.05, 0) is 13.3 Å². The van der Waals surface area contributed by atoms with Crippen LogP contribution in [0.15, 0.2) is 0 Å². The summed E-state index contributed by atoms with van der Waals surface area (Å²) >= 11 is 5.69. The molecule has 3 heteroatoms. The van der Waals surface area contributed by atoms with Crippen LogP contribution in [0.1, 0.15) is 84.5 Å². The number of hydrogen-bond donors (Lipinski definition) is 0. The molecular formula is C18H39ClNO+. The van der Waals surface area contributed by atoms with Gasteiger partial charge in [0.2, 0.25) is 0 Å². The van der Waals surface area contributed by atoms with Crippen LogP contribution < -0.4 is 0 Å². The minimum Gasteiger partial charge on any atom is -0.202 e. The first-order chi connectivity index (χ1) is 10.0. The average Bonchev–Trinajstić information content (AvgIpc) is 2.46. The lowest BCUT2D eigenvalue weighted by Crippen LogP contribution is -2.47. The minimum absolute atomic E-state index is 0.544. The van der Waals surface area contributed by atoms with E-state index in [1.165, 1.54) is 70.6 Å². The zero-order valence-electron chi connectivity index (χ0n) is 15.0. The smallest absolute Gasteiger partial charge is 0.120 e. The standard InChI is InChI=1S/C18H39ClNO/c1-5-6-7-8-9-10-11-12-13-14-15-18(2)20(3,4)21-17-16-19/h18H,5-17H2,1-4H3/q+1. The van der Waals surface area contributed by atoms with Gasteiger partial charge in [-0.2, -0.15) is 4.65 Å². The number of hydrogen-bond acceptors (Lipinski definition) is 1. The van der Waals surface area contributed by atoms with Crippen molar-refractivity contribution in [2.24, 2.45) is 0 Å². The van der Waals surface area contributed by atoms with Crippen molar-refractivity contribution in [1.82, 2.24) is 0 Å². The quantitative estimate of drug-likeness (QED) is 0.157. The Morgan fingerprint density at radius 1 is 0.857 bits per heavy atom. The van der Waals surface area contributed by atoms with Crippen LogP contribution in [0.25, 0.3) is 0 Å². The molecule has 0 saturated carbocycles. The molecule has 0 heterocycles. The van der Waals surface area contributed by atoms with Gasteiger partial charge in [-0.3, -0.25) is 0 Å². The zero-order valence-corrected chi connectivity index (χ0v) is 15.8. The maximum absolute atomic E-state index is 5.79. The van der Waals surface area contributed by atoms with Gasteiger partial charge in [0.1, 0.15) is 12.6 Å². The molecule has 0 aliphatic carbocycles. The topological polar surface area (TPSA) is 9.23 Å². The first kappa shape index (κ1) is 21.2. The van der Waals surface area contributed by atoms with Crippen molar-refractivity contribution in [2.45, 2.75) is 90.5 Å². The van der Waals surface area contributed by atoms with Crippen LogP contribution in [0.4, 0.5) is 0 Å². The highest BCUT2D eigenvalue weighted by Gasteiger charge is 2.25. The highest BCUT2D eigenvalue weighted by Crippen LogP contribution is 2.17. The lowest BCUT2D eigenvalue weighted by Gasteiger charge is -2.33. The predicted molar refractivity (Wildman–Crippen MR) is 94.7 cm³/mol. The minimum atomic E-state index is 0.544. The number of alkyl halides is 1. The summed E-state index contributed by atoms with van der Waals surface area (Å²) in [6.07, 6.45) is 15.3. The Labute approximate surface area is 138 Å². The molecule has 128 valence electrons. The van der Waals surface area contributed by atoms with Crippen molar-refractivity contribution in [2.75, 3.05) is 26.6 Å². The fourth-order valence-corrected chi connectivity index (χ4v) is 2.70. The van der Waals surface area contributed by atoms with E-state index in [1.807, 2.05) is 0 Å². The Bertz CT molecular complexity index is 221. The van der Waals surface area contributed by atoms with E-state index < -0.39 is 0 Å². The van der Waals surface area contributed by atoms with Crippen LogP contribution in [-0.4, -0.2) is 37.3 Å². The largest absolute Gasteiger partial charge is 0.202 e. The zero-order chi connectivity index (χ0) is 16.0. The molecule has 0 radical (unpaired) electrons. The third kappa shape index (κ3) is 12.4. The van der Waals surface area contributed by atoms with E-state index in [0.29, 0.717) is 23.2 Å². The third-order valence-electron chi connectivity index (χ3n) is 4.54. The second-order valence-electron chi connectivity index (χ2n) is 6.78. The van der Waals surface area contributed by atoms with Gasteiger partial charge >= 0.3 is 0 Å². The lowest BCUT2D eigenvalue weighted by atomic mass is 10.0. The van der Waals surface area contributed by atoms with Crippen molar-refractivity contribution in [1.29, 1.82) is 0 Å². The second-order valence-corrected chi connectivity index (χ2v) is 7.15. The summed E-state index contributed by atoms with van der Waals surface area (Å²) < 4.78 is 0.629. The van der Waals surface area contributed by atoms with Crippen molar-refractivity contribution >= 4 is 11.6 Å². The summed E-state index contributed by atoms with van der Waals surface area (Å²) in [5, 5.41) is 0. The molecule has 1 atom stereocenters. The molecule has 0 saturated heterocycles. The number of halogens is 1.